The number of piperidine rings is 1. The summed E-state index contributed by atoms with van der Waals surface area (Å²) in [5.41, 5.74) is 0. The smallest absolute Gasteiger partial charge is 0.0193 e. The second-order valence-electron chi connectivity index (χ2n) is 5.74. The first-order valence-electron chi connectivity index (χ1n) is 7.12. The van der Waals surface area contributed by atoms with Gasteiger partial charge in [-0.3, -0.25) is 0 Å². The van der Waals surface area contributed by atoms with Crippen LogP contribution in [0.4, 0.5) is 0 Å². The Kier molecular flexibility index (Phi) is 3.46. The van der Waals surface area contributed by atoms with Crippen molar-refractivity contribution in [3.63, 3.8) is 0 Å². The lowest BCUT2D eigenvalue weighted by Gasteiger charge is -2.33. The van der Waals surface area contributed by atoms with Crippen LogP contribution in [-0.2, 0) is 0 Å². The topological polar surface area (TPSA) is 27.3 Å². The zero-order valence-corrected chi connectivity index (χ0v) is 10.3. The Balaban J connectivity index is 1.33. The van der Waals surface area contributed by atoms with Crippen LogP contribution in [0, 0.1) is 0 Å². The van der Waals surface area contributed by atoms with E-state index >= 15 is 0 Å². The van der Waals surface area contributed by atoms with Crippen LogP contribution in [0.2, 0.25) is 0 Å². The Morgan fingerprint density at radius 2 is 1.88 bits per heavy atom. The third kappa shape index (κ3) is 2.76. The molecule has 0 bridgehead atoms. The maximum atomic E-state index is 3.75. The van der Waals surface area contributed by atoms with Crippen LogP contribution in [-0.4, -0.2) is 49.2 Å². The molecule has 2 saturated heterocycles. The van der Waals surface area contributed by atoms with Crippen molar-refractivity contribution >= 4 is 0 Å². The number of nitrogens with one attached hydrogen (secondary N) is 2. The molecule has 2 aliphatic heterocycles. The average Bonchev–Trinajstić information content (AvgIpc) is 3.05. The van der Waals surface area contributed by atoms with Gasteiger partial charge in [-0.05, 0) is 58.2 Å². The molecule has 1 atom stereocenters. The Morgan fingerprint density at radius 1 is 1.06 bits per heavy atom. The molecule has 2 N–H and O–H groups in total. The standard InChI is InChI=1S/C13H25N3/c1-2-12(14-7-1)10-15-11-5-8-16(9-6-11)13-3-4-13/h11-15H,1-10H2. The lowest BCUT2D eigenvalue weighted by atomic mass is 10.0. The fourth-order valence-electron chi connectivity index (χ4n) is 3.15. The minimum atomic E-state index is 0.751. The SMILES string of the molecule is C1CNC(CNC2CCN(C3CC3)CC2)C1. The van der Waals surface area contributed by atoms with Crippen LogP contribution < -0.4 is 10.6 Å². The number of hydrogen-bond donors (Lipinski definition) is 2. The van der Waals surface area contributed by atoms with Gasteiger partial charge in [-0.15, -0.1) is 0 Å². The van der Waals surface area contributed by atoms with Crippen molar-refractivity contribution in [3.8, 4) is 0 Å². The molecular weight excluding hydrogens is 198 g/mol. The van der Waals surface area contributed by atoms with E-state index in [1.807, 2.05) is 0 Å². The molecule has 2 heterocycles. The summed E-state index contributed by atoms with van der Waals surface area (Å²) in [6.45, 7) is 5.08. The molecule has 0 spiro atoms. The van der Waals surface area contributed by atoms with E-state index in [0.29, 0.717) is 0 Å². The molecule has 0 aromatic carbocycles. The summed E-state index contributed by atoms with van der Waals surface area (Å²) in [6.07, 6.45) is 8.39. The van der Waals surface area contributed by atoms with Gasteiger partial charge in [-0.25, -0.2) is 0 Å². The van der Waals surface area contributed by atoms with Crippen LogP contribution in [0.15, 0.2) is 0 Å². The van der Waals surface area contributed by atoms with Crippen molar-refractivity contribution in [2.75, 3.05) is 26.2 Å². The highest BCUT2D eigenvalue weighted by Crippen LogP contribution is 2.29. The molecule has 0 aromatic rings. The van der Waals surface area contributed by atoms with Crippen molar-refractivity contribution in [2.24, 2.45) is 0 Å². The highest BCUT2D eigenvalue weighted by atomic mass is 15.2. The van der Waals surface area contributed by atoms with Gasteiger partial charge >= 0.3 is 0 Å². The van der Waals surface area contributed by atoms with Crippen LogP contribution in [0.1, 0.15) is 38.5 Å². The third-order valence-electron chi connectivity index (χ3n) is 4.41. The van der Waals surface area contributed by atoms with Crippen molar-refractivity contribution in [2.45, 2.75) is 56.7 Å². The molecule has 1 unspecified atom stereocenters. The summed E-state index contributed by atoms with van der Waals surface area (Å²) in [5.74, 6) is 0. The minimum Gasteiger partial charge on any atom is -0.313 e. The molecule has 0 aromatic heterocycles. The van der Waals surface area contributed by atoms with Gasteiger partial charge in [-0.2, -0.15) is 0 Å². The van der Waals surface area contributed by atoms with Gasteiger partial charge in [0.05, 0.1) is 0 Å². The van der Waals surface area contributed by atoms with Gasteiger partial charge in [0.2, 0.25) is 0 Å². The molecule has 3 aliphatic rings. The van der Waals surface area contributed by atoms with Gasteiger partial charge < -0.3 is 15.5 Å². The fraction of sp³-hybridized carbons (Fsp3) is 1.00. The lowest BCUT2D eigenvalue weighted by Crippen LogP contribution is -2.46. The maximum Gasteiger partial charge on any atom is 0.0193 e. The first-order valence-corrected chi connectivity index (χ1v) is 7.12. The average molecular weight is 223 g/mol. The molecule has 92 valence electrons. The summed E-state index contributed by atoms with van der Waals surface area (Å²) in [4.78, 5) is 2.70. The molecule has 1 aliphatic carbocycles. The Labute approximate surface area is 99.0 Å². The summed E-state index contributed by atoms with van der Waals surface area (Å²) < 4.78 is 0. The van der Waals surface area contributed by atoms with Crippen LogP contribution in [0.5, 0.6) is 0 Å². The van der Waals surface area contributed by atoms with Crippen molar-refractivity contribution in [1.29, 1.82) is 0 Å². The fourth-order valence-corrected chi connectivity index (χ4v) is 3.15. The van der Waals surface area contributed by atoms with Gasteiger partial charge in [-0.1, -0.05) is 0 Å². The van der Waals surface area contributed by atoms with Crippen molar-refractivity contribution in [3.05, 3.63) is 0 Å². The van der Waals surface area contributed by atoms with E-state index in [1.165, 1.54) is 64.7 Å². The number of hydrogen-bond acceptors (Lipinski definition) is 3. The Bertz CT molecular complexity index is 213. The van der Waals surface area contributed by atoms with Crippen LogP contribution >= 0.6 is 0 Å². The molecule has 3 heteroatoms. The van der Waals surface area contributed by atoms with Crippen LogP contribution in [0.3, 0.4) is 0 Å². The van der Waals surface area contributed by atoms with Gasteiger partial charge in [0.15, 0.2) is 0 Å². The Hall–Kier alpha value is -0.120. The number of likely N-dealkylation sites (tertiary alicyclic amines) is 1. The summed E-state index contributed by atoms with van der Waals surface area (Å²) in [5, 5.41) is 7.31. The highest BCUT2D eigenvalue weighted by Gasteiger charge is 2.31. The molecule has 1 saturated carbocycles. The second-order valence-corrected chi connectivity index (χ2v) is 5.74. The summed E-state index contributed by atoms with van der Waals surface area (Å²) >= 11 is 0. The van der Waals surface area contributed by atoms with E-state index < -0.39 is 0 Å². The number of nitrogens with zero attached hydrogens (tertiary/aromatic N) is 1. The van der Waals surface area contributed by atoms with Gasteiger partial charge in [0.1, 0.15) is 0 Å². The predicted molar refractivity (Wildman–Crippen MR) is 66.6 cm³/mol. The largest absolute Gasteiger partial charge is 0.313 e. The van der Waals surface area contributed by atoms with E-state index in [4.69, 9.17) is 0 Å². The molecule has 3 rings (SSSR count). The maximum absolute atomic E-state index is 3.75. The van der Waals surface area contributed by atoms with Crippen molar-refractivity contribution < 1.29 is 0 Å². The minimum absolute atomic E-state index is 0.751. The number of rotatable bonds is 4. The highest BCUT2D eigenvalue weighted by molar-refractivity contribution is 4.89. The van der Waals surface area contributed by atoms with E-state index in [-0.39, 0.29) is 0 Å². The monoisotopic (exact) mass is 223 g/mol. The summed E-state index contributed by atoms with van der Waals surface area (Å²) in [7, 11) is 0. The first-order chi connectivity index (χ1) is 7.92. The van der Waals surface area contributed by atoms with Crippen molar-refractivity contribution in [1.82, 2.24) is 15.5 Å². The van der Waals surface area contributed by atoms with Crippen LogP contribution in [0.25, 0.3) is 0 Å². The molecule has 16 heavy (non-hydrogen) atoms. The molecule has 3 fully saturated rings. The van der Waals surface area contributed by atoms with E-state index in [1.54, 1.807) is 0 Å². The van der Waals surface area contributed by atoms with E-state index in [0.717, 1.165) is 18.1 Å². The lowest BCUT2D eigenvalue weighted by molar-refractivity contribution is 0.188. The normalized spacial score (nSPS) is 33.4. The molecule has 0 amide bonds. The molecular formula is C13H25N3. The molecule has 0 radical (unpaired) electrons. The zero-order valence-electron chi connectivity index (χ0n) is 10.3. The molecule has 3 nitrogen and oxygen atoms in total. The van der Waals surface area contributed by atoms with E-state index in [9.17, 15) is 0 Å². The van der Waals surface area contributed by atoms with Gasteiger partial charge in [0, 0.05) is 24.7 Å². The zero-order chi connectivity index (χ0) is 10.8. The third-order valence-corrected chi connectivity index (χ3v) is 4.41. The first kappa shape index (κ1) is 11.0. The quantitative estimate of drug-likeness (QED) is 0.743. The summed E-state index contributed by atoms with van der Waals surface area (Å²) in [6, 6.07) is 2.51. The second kappa shape index (κ2) is 5.03. The Morgan fingerprint density at radius 3 is 2.50 bits per heavy atom. The van der Waals surface area contributed by atoms with Gasteiger partial charge in [0.25, 0.3) is 0 Å². The van der Waals surface area contributed by atoms with E-state index in [2.05, 4.69) is 15.5 Å². The predicted octanol–water partition coefficient (Wildman–Crippen LogP) is 0.955.